The Labute approximate surface area is 150 Å². The lowest BCUT2D eigenvalue weighted by Crippen LogP contribution is -2.50. The summed E-state index contributed by atoms with van der Waals surface area (Å²) in [5, 5.41) is 0. The van der Waals surface area contributed by atoms with E-state index in [1.54, 1.807) is 5.57 Å². The Morgan fingerprint density at radius 1 is 1.25 bits per heavy atom. The fourth-order valence-electron chi connectivity index (χ4n) is 4.70. The largest absolute Gasteiger partial charge is 0.338 e. The summed E-state index contributed by atoms with van der Waals surface area (Å²) in [4.78, 5) is 15.3. The second kappa shape index (κ2) is 8.54. The molecule has 0 aliphatic heterocycles. The van der Waals surface area contributed by atoms with Gasteiger partial charge in [0.2, 0.25) is 5.91 Å². The van der Waals surface area contributed by atoms with Gasteiger partial charge in [-0.15, -0.1) is 0 Å². The molecule has 0 spiro atoms. The SMILES string of the molecule is CCCCC(CC)C(=O)N(CCCC)CC1=CCC2CC1C2(C)C. The van der Waals surface area contributed by atoms with Gasteiger partial charge in [-0.25, -0.2) is 0 Å². The highest BCUT2D eigenvalue weighted by Gasteiger charge is 2.51. The smallest absolute Gasteiger partial charge is 0.225 e. The van der Waals surface area contributed by atoms with Gasteiger partial charge in [0.05, 0.1) is 0 Å². The van der Waals surface area contributed by atoms with Crippen molar-refractivity contribution < 1.29 is 4.79 Å². The van der Waals surface area contributed by atoms with E-state index in [0.29, 0.717) is 17.2 Å². The third-order valence-corrected chi connectivity index (χ3v) is 6.80. The molecule has 0 radical (unpaired) electrons. The Bertz CT molecular complexity index is 451. The van der Waals surface area contributed by atoms with Crippen molar-refractivity contribution in [2.24, 2.45) is 23.2 Å². The predicted octanol–water partition coefficient (Wildman–Crippen LogP) is 5.82. The summed E-state index contributed by atoms with van der Waals surface area (Å²) >= 11 is 0. The first-order valence-electron chi connectivity index (χ1n) is 10.4. The number of rotatable bonds is 10. The van der Waals surface area contributed by atoms with Gasteiger partial charge in [-0.05, 0) is 49.4 Å². The minimum absolute atomic E-state index is 0.230. The zero-order valence-corrected chi connectivity index (χ0v) is 16.7. The molecule has 1 fully saturated rings. The molecule has 24 heavy (non-hydrogen) atoms. The second-order valence-electron chi connectivity index (χ2n) is 8.68. The second-order valence-corrected chi connectivity index (χ2v) is 8.68. The van der Waals surface area contributed by atoms with Crippen molar-refractivity contribution in [2.45, 2.75) is 86.0 Å². The highest BCUT2D eigenvalue weighted by Crippen LogP contribution is 2.59. The molecule has 0 saturated heterocycles. The molecule has 0 aromatic heterocycles. The van der Waals surface area contributed by atoms with Crippen molar-refractivity contribution in [1.82, 2.24) is 4.90 Å². The lowest BCUT2D eigenvalue weighted by atomic mass is 9.49. The summed E-state index contributed by atoms with van der Waals surface area (Å²) in [7, 11) is 0. The lowest BCUT2D eigenvalue weighted by Gasteiger charge is -2.57. The van der Waals surface area contributed by atoms with Gasteiger partial charge < -0.3 is 4.90 Å². The first kappa shape index (κ1) is 19.5. The van der Waals surface area contributed by atoms with E-state index in [1.807, 2.05) is 0 Å². The minimum atomic E-state index is 0.230. The maximum atomic E-state index is 13.1. The normalized spacial score (nSPS) is 25.6. The lowest BCUT2D eigenvalue weighted by molar-refractivity contribution is -0.136. The van der Waals surface area contributed by atoms with Crippen LogP contribution in [-0.4, -0.2) is 23.9 Å². The van der Waals surface area contributed by atoms with Crippen LogP contribution < -0.4 is 0 Å². The van der Waals surface area contributed by atoms with E-state index >= 15 is 0 Å². The molecule has 2 heteroatoms. The summed E-state index contributed by atoms with van der Waals surface area (Å²) in [6.45, 7) is 13.3. The molecule has 3 aliphatic carbocycles. The van der Waals surface area contributed by atoms with Gasteiger partial charge in [-0.2, -0.15) is 0 Å². The van der Waals surface area contributed by atoms with Crippen LogP contribution in [0.5, 0.6) is 0 Å². The van der Waals surface area contributed by atoms with E-state index in [9.17, 15) is 4.79 Å². The zero-order valence-electron chi connectivity index (χ0n) is 16.7. The van der Waals surface area contributed by atoms with Crippen LogP contribution in [0.3, 0.4) is 0 Å². The van der Waals surface area contributed by atoms with Crippen LogP contribution in [0.15, 0.2) is 11.6 Å². The average molecular weight is 334 g/mol. The fourth-order valence-corrected chi connectivity index (χ4v) is 4.70. The minimum Gasteiger partial charge on any atom is -0.338 e. The van der Waals surface area contributed by atoms with Crippen LogP contribution in [0, 0.1) is 23.2 Å². The first-order chi connectivity index (χ1) is 11.5. The highest BCUT2D eigenvalue weighted by atomic mass is 16.2. The Kier molecular flexibility index (Phi) is 6.95. The van der Waals surface area contributed by atoms with Gasteiger partial charge in [-0.1, -0.05) is 65.5 Å². The van der Waals surface area contributed by atoms with Crippen molar-refractivity contribution in [3.63, 3.8) is 0 Å². The molecule has 2 bridgehead atoms. The number of amides is 1. The van der Waals surface area contributed by atoms with Crippen LogP contribution in [0.1, 0.15) is 86.0 Å². The van der Waals surface area contributed by atoms with Crippen LogP contribution in [0.25, 0.3) is 0 Å². The van der Waals surface area contributed by atoms with Crippen LogP contribution in [0.2, 0.25) is 0 Å². The average Bonchev–Trinajstić information content (AvgIpc) is 2.58. The fraction of sp³-hybridized carbons (Fsp3) is 0.864. The van der Waals surface area contributed by atoms with E-state index in [1.165, 1.54) is 25.7 Å². The topological polar surface area (TPSA) is 20.3 Å². The number of nitrogens with zero attached hydrogens (tertiary/aromatic N) is 1. The van der Waals surface area contributed by atoms with Gasteiger partial charge in [-0.3, -0.25) is 4.79 Å². The number of hydrogen-bond acceptors (Lipinski definition) is 1. The molecule has 3 rings (SSSR count). The Morgan fingerprint density at radius 3 is 2.50 bits per heavy atom. The molecule has 0 N–H and O–H groups in total. The Morgan fingerprint density at radius 2 is 1.96 bits per heavy atom. The molecule has 138 valence electrons. The van der Waals surface area contributed by atoms with Crippen molar-refractivity contribution in [3.05, 3.63) is 11.6 Å². The maximum absolute atomic E-state index is 13.1. The molecule has 3 aliphatic rings. The van der Waals surface area contributed by atoms with Crippen molar-refractivity contribution in [3.8, 4) is 0 Å². The maximum Gasteiger partial charge on any atom is 0.225 e. The summed E-state index contributed by atoms with van der Waals surface area (Å²) in [6, 6.07) is 0. The van der Waals surface area contributed by atoms with Gasteiger partial charge in [0.25, 0.3) is 0 Å². The van der Waals surface area contributed by atoms with Gasteiger partial charge >= 0.3 is 0 Å². The van der Waals surface area contributed by atoms with Crippen molar-refractivity contribution in [2.75, 3.05) is 13.1 Å². The number of fused-ring (bicyclic) bond motifs is 1. The van der Waals surface area contributed by atoms with E-state index in [0.717, 1.165) is 44.7 Å². The summed E-state index contributed by atoms with van der Waals surface area (Å²) in [5.74, 6) is 2.23. The van der Waals surface area contributed by atoms with E-state index in [2.05, 4.69) is 45.6 Å². The van der Waals surface area contributed by atoms with Crippen molar-refractivity contribution in [1.29, 1.82) is 0 Å². The van der Waals surface area contributed by atoms with Crippen molar-refractivity contribution >= 4 is 5.91 Å². The molecular formula is C22H39NO. The number of unbranched alkanes of at least 4 members (excludes halogenated alkanes) is 2. The number of allylic oxidation sites excluding steroid dienone is 1. The number of carbonyl (C=O) groups excluding carboxylic acids is 1. The van der Waals surface area contributed by atoms with Gasteiger partial charge in [0.1, 0.15) is 0 Å². The van der Waals surface area contributed by atoms with E-state index in [4.69, 9.17) is 0 Å². The molecule has 0 aromatic carbocycles. The molecule has 1 amide bonds. The van der Waals surface area contributed by atoms with E-state index in [-0.39, 0.29) is 5.92 Å². The molecule has 2 nitrogen and oxygen atoms in total. The Balaban J connectivity index is 2.05. The quantitative estimate of drug-likeness (QED) is 0.461. The molecule has 3 atom stereocenters. The van der Waals surface area contributed by atoms with Gasteiger partial charge in [0, 0.05) is 19.0 Å². The number of hydrogen-bond donors (Lipinski definition) is 0. The highest BCUT2D eigenvalue weighted by molar-refractivity contribution is 5.79. The summed E-state index contributed by atoms with van der Waals surface area (Å²) in [6.07, 6.45) is 11.7. The zero-order chi connectivity index (χ0) is 17.7. The molecular weight excluding hydrogens is 294 g/mol. The van der Waals surface area contributed by atoms with Crippen LogP contribution >= 0.6 is 0 Å². The first-order valence-corrected chi connectivity index (χ1v) is 10.4. The third-order valence-electron chi connectivity index (χ3n) is 6.80. The third kappa shape index (κ3) is 4.06. The molecule has 1 saturated carbocycles. The number of carbonyl (C=O) groups is 1. The van der Waals surface area contributed by atoms with Gasteiger partial charge in [0.15, 0.2) is 0 Å². The molecule has 3 unspecified atom stereocenters. The van der Waals surface area contributed by atoms with Crippen LogP contribution in [-0.2, 0) is 4.79 Å². The summed E-state index contributed by atoms with van der Waals surface area (Å²) < 4.78 is 0. The molecule has 0 heterocycles. The summed E-state index contributed by atoms with van der Waals surface area (Å²) in [5.41, 5.74) is 2.01. The van der Waals surface area contributed by atoms with Crippen LogP contribution in [0.4, 0.5) is 0 Å². The molecule has 0 aromatic rings. The van der Waals surface area contributed by atoms with E-state index < -0.39 is 0 Å². The standard InChI is InChI=1S/C22H39NO/c1-6-9-11-17(8-3)21(24)23(14-10-7-2)16-18-12-13-19-15-20(18)22(19,4)5/h12,17,19-20H,6-11,13-16H2,1-5H3. The monoisotopic (exact) mass is 333 g/mol. The predicted molar refractivity (Wildman–Crippen MR) is 103 cm³/mol. The Hall–Kier alpha value is -0.790.